The van der Waals surface area contributed by atoms with E-state index in [1.54, 1.807) is 0 Å². The van der Waals surface area contributed by atoms with Crippen LogP contribution in [0.1, 0.15) is 45.1 Å². The van der Waals surface area contributed by atoms with Gasteiger partial charge in [0.1, 0.15) is 5.82 Å². The van der Waals surface area contributed by atoms with Crippen LogP contribution in [-0.2, 0) is 4.74 Å². The molecule has 1 N–H and O–H groups in total. The summed E-state index contributed by atoms with van der Waals surface area (Å²) in [5, 5.41) is 2.89. The number of urea groups is 1. The summed E-state index contributed by atoms with van der Waals surface area (Å²) >= 11 is 0. The highest BCUT2D eigenvalue weighted by Crippen LogP contribution is 2.39. The molecule has 1 aromatic rings. The molecule has 21 heavy (non-hydrogen) atoms. The molecule has 1 saturated heterocycles. The monoisotopic (exact) mass is 289 g/mol. The molecular weight excluding hydrogens is 266 g/mol. The number of rotatable bonds is 2. The second kappa shape index (κ2) is 5.30. The Balaban J connectivity index is 1.64. The summed E-state index contributed by atoms with van der Waals surface area (Å²) in [6.45, 7) is 7.15. The lowest BCUT2D eigenvalue weighted by atomic mass is 10.1. The van der Waals surface area contributed by atoms with E-state index in [0.29, 0.717) is 24.9 Å². The van der Waals surface area contributed by atoms with Crippen molar-refractivity contribution in [2.24, 2.45) is 0 Å². The van der Waals surface area contributed by atoms with Crippen molar-refractivity contribution in [1.82, 2.24) is 9.88 Å². The van der Waals surface area contributed by atoms with Crippen molar-refractivity contribution in [3.63, 3.8) is 0 Å². The van der Waals surface area contributed by atoms with Gasteiger partial charge in [0.05, 0.1) is 24.8 Å². The molecule has 2 fully saturated rings. The first-order valence-corrected chi connectivity index (χ1v) is 7.62. The van der Waals surface area contributed by atoms with Gasteiger partial charge >= 0.3 is 6.03 Å². The Bertz CT molecular complexity index is 523. The number of hydrogen-bond acceptors (Lipinski definition) is 3. The lowest BCUT2D eigenvalue weighted by Crippen LogP contribution is -2.56. The number of carbonyl (C=O) groups is 1. The van der Waals surface area contributed by atoms with Gasteiger partial charge in [-0.1, -0.05) is 6.07 Å². The number of aromatic nitrogens is 1. The fourth-order valence-corrected chi connectivity index (χ4v) is 2.64. The molecule has 0 radical (unpaired) electrons. The number of hydrogen-bond donors (Lipinski definition) is 1. The fourth-order valence-electron chi connectivity index (χ4n) is 2.64. The minimum Gasteiger partial charge on any atom is -0.372 e. The lowest BCUT2D eigenvalue weighted by Gasteiger charge is -2.42. The van der Waals surface area contributed by atoms with Crippen LogP contribution >= 0.6 is 0 Å². The maximum atomic E-state index is 12.4. The van der Waals surface area contributed by atoms with Gasteiger partial charge in [-0.2, -0.15) is 0 Å². The van der Waals surface area contributed by atoms with Gasteiger partial charge < -0.3 is 9.64 Å². The van der Waals surface area contributed by atoms with Gasteiger partial charge in [-0.05, 0) is 51.2 Å². The van der Waals surface area contributed by atoms with E-state index in [4.69, 9.17) is 4.74 Å². The average molecular weight is 289 g/mol. The van der Waals surface area contributed by atoms with E-state index in [9.17, 15) is 4.79 Å². The van der Waals surface area contributed by atoms with E-state index in [-0.39, 0.29) is 17.7 Å². The smallest absolute Gasteiger partial charge is 0.323 e. The lowest BCUT2D eigenvalue weighted by molar-refractivity contribution is -0.0938. The highest BCUT2D eigenvalue weighted by molar-refractivity contribution is 5.88. The topological polar surface area (TPSA) is 54.5 Å². The third kappa shape index (κ3) is 3.35. The molecule has 1 aliphatic heterocycles. The van der Waals surface area contributed by atoms with Crippen LogP contribution in [0.4, 0.5) is 10.6 Å². The van der Waals surface area contributed by atoms with E-state index in [0.717, 1.165) is 0 Å². The molecule has 1 saturated carbocycles. The van der Waals surface area contributed by atoms with Gasteiger partial charge in [0.15, 0.2) is 0 Å². The number of nitrogens with zero attached hydrogens (tertiary/aromatic N) is 2. The van der Waals surface area contributed by atoms with Crippen molar-refractivity contribution in [1.29, 1.82) is 0 Å². The minimum absolute atomic E-state index is 0.0729. The van der Waals surface area contributed by atoms with E-state index in [1.807, 2.05) is 37.9 Å². The summed E-state index contributed by atoms with van der Waals surface area (Å²) < 4.78 is 5.72. The molecule has 2 heterocycles. The number of morpholine rings is 1. The van der Waals surface area contributed by atoms with Gasteiger partial charge in [-0.15, -0.1) is 0 Å². The average Bonchev–Trinajstić information content (AvgIpc) is 3.27. The molecule has 1 aromatic heterocycles. The number of carbonyl (C=O) groups excluding carboxylic acids is 1. The van der Waals surface area contributed by atoms with Crippen molar-refractivity contribution < 1.29 is 9.53 Å². The highest BCUT2D eigenvalue weighted by atomic mass is 16.5. The maximum absolute atomic E-state index is 12.4. The molecule has 0 aromatic carbocycles. The van der Waals surface area contributed by atoms with E-state index in [2.05, 4.69) is 16.4 Å². The number of pyridine rings is 1. The van der Waals surface area contributed by atoms with E-state index in [1.165, 1.54) is 18.4 Å². The largest absolute Gasteiger partial charge is 0.372 e. The standard InChI is InChI=1S/C16H23N3O2/c1-11-9-21-16(2,3)10-19(11)15(20)18-14-7-6-13(8-17-14)12-4-5-12/h6-8,11-12H,4-5,9-10H2,1-3H3,(H,17,18,20)/t11-/m0/s1. The van der Waals surface area contributed by atoms with Gasteiger partial charge in [0, 0.05) is 6.20 Å². The Morgan fingerprint density at radius 2 is 2.19 bits per heavy atom. The molecule has 5 nitrogen and oxygen atoms in total. The van der Waals surface area contributed by atoms with Crippen molar-refractivity contribution in [2.75, 3.05) is 18.5 Å². The van der Waals surface area contributed by atoms with E-state index < -0.39 is 0 Å². The van der Waals surface area contributed by atoms with Gasteiger partial charge in [0.25, 0.3) is 0 Å². The number of ether oxygens (including phenoxy) is 1. The molecule has 0 unspecified atom stereocenters. The third-order valence-corrected chi connectivity index (χ3v) is 4.13. The fraction of sp³-hybridized carbons (Fsp3) is 0.625. The predicted molar refractivity (Wildman–Crippen MR) is 81.4 cm³/mol. The molecule has 2 amide bonds. The predicted octanol–water partition coefficient (Wildman–Crippen LogP) is 2.99. The van der Waals surface area contributed by atoms with Crippen LogP contribution in [0.25, 0.3) is 0 Å². The maximum Gasteiger partial charge on any atom is 0.323 e. The molecular formula is C16H23N3O2. The molecule has 0 bridgehead atoms. The molecule has 5 heteroatoms. The van der Waals surface area contributed by atoms with Gasteiger partial charge in [-0.25, -0.2) is 9.78 Å². The molecule has 114 valence electrons. The third-order valence-electron chi connectivity index (χ3n) is 4.13. The molecule has 1 atom stereocenters. The molecule has 3 rings (SSSR count). The summed E-state index contributed by atoms with van der Waals surface area (Å²) in [6, 6.07) is 3.92. The van der Waals surface area contributed by atoms with Crippen LogP contribution in [0, 0.1) is 0 Å². The Kier molecular flexibility index (Phi) is 3.61. The van der Waals surface area contributed by atoms with Crippen LogP contribution in [0.3, 0.4) is 0 Å². The second-order valence-corrected chi connectivity index (χ2v) is 6.73. The van der Waals surface area contributed by atoms with Crippen LogP contribution < -0.4 is 5.32 Å². The zero-order chi connectivity index (χ0) is 15.0. The summed E-state index contributed by atoms with van der Waals surface area (Å²) in [4.78, 5) is 18.6. The second-order valence-electron chi connectivity index (χ2n) is 6.73. The quantitative estimate of drug-likeness (QED) is 0.910. The van der Waals surface area contributed by atoms with Gasteiger partial charge in [-0.3, -0.25) is 5.32 Å². The van der Waals surface area contributed by atoms with Crippen molar-refractivity contribution >= 4 is 11.8 Å². The van der Waals surface area contributed by atoms with E-state index >= 15 is 0 Å². The van der Waals surface area contributed by atoms with Crippen molar-refractivity contribution in [2.45, 2.75) is 51.2 Å². The minimum atomic E-state index is -0.299. The van der Waals surface area contributed by atoms with Crippen LogP contribution in [-0.4, -0.2) is 40.7 Å². The number of anilines is 1. The van der Waals surface area contributed by atoms with Crippen LogP contribution in [0.15, 0.2) is 18.3 Å². The summed E-state index contributed by atoms with van der Waals surface area (Å²) in [5.74, 6) is 1.29. The Hall–Kier alpha value is -1.62. The zero-order valence-corrected chi connectivity index (χ0v) is 12.9. The first-order chi connectivity index (χ1) is 9.94. The van der Waals surface area contributed by atoms with Crippen molar-refractivity contribution in [3.05, 3.63) is 23.9 Å². The highest BCUT2D eigenvalue weighted by Gasteiger charge is 2.34. The summed E-state index contributed by atoms with van der Waals surface area (Å²) in [5.41, 5.74) is 0.974. The van der Waals surface area contributed by atoms with Crippen LogP contribution in [0.5, 0.6) is 0 Å². The molecule has 1 aliphatic carbocycles. The molecule has 0 spiro atoms. The van der Waals surface area contributed by atoms with Crippen molar-refractivity contribution in [3.8, 4) is 0 Å². The van der Waals surface area contributed by atoms with Crippen LogP contribution in [0.2, 0.25) is 0 Å². The normalized spacial score (nSPS) is 24.7. The Labute approximate surface area is 125 Å². The SMILES string of the molecule is C[C@H]1COC(C)(C)CN1C(=O)Nc1ccc(C2CC2)cn1. The first-order valence-electron chi connectivity index (χ1n) is 7.62. The summed E-state index contributed by atoms with van der Waals surface area (Å²) in [6.07, 6.45) is 4.39. The molecule has 2 aliphatic rings. The number of amides is 2. The Morgan fingerprint density at radius 1 is 1.43 bits per heavy atom. The Morgan fingerprint density at radius 3 is 2.81 bits per heavy atom. The first kappa shape index (κ1) is 14.3. The zero-order valence-electron chi connectivity index (χ0n) is 12.9. The summed E-state index contributed by atoms with van der Waals surface area (Å²) in [7, 11) is 0. The van der Waals surface area contributed by atoms with Gasteiger partial charge in [0.2, 0.25) is 0 Å². The number of nitrogens with one attached hydrogen (secondary N) is 1.